The lowest BCUT2D eigenvalue weighted by Gasteiger charge is -2.03. The molecule has 0 aliphatic carbocycles. The zero-order valence-electron chi connectivity index (χ0n) is 10.9. The first kappa shape index (κ1) is 13.6. The average molecular weight is 304 g/mol. The summed E-state index contributed by atoms with van der Waals surface area (Å²) in [6.07, 6.45) is 2.77. The van der Waals surface area contributed by atoms with Crippen molar-refractivity contribution in [3.05, 3.63) is 70.9 Å². The van der Waals surface area contributed by atoms with Crippen LogP contribution in [0.4, 0.5) is 4.39 Å². The predicted octanol–water partition coefficient (Wildman–Crippen LogP) is 3.06. The molecule has 21 heavy (non-hydrogen) atoms. The molecule has 0 aliphatic rings. The summed E-state index contributed by atoms with van der Waals surface area (Å²) in [5, 5.41) is 3.40. The summed E-state index contributed by atoms with van der Waals surface area (Å²) < 4.78 is 14.6. The number of carbonyl (C=O) groups excluding carboxylic acids is 1. The van der Waals surface area contributed by atoms with Crippen LogP contribution in [0.5, 0.6) is 0 Å². The number of halogens is 2. The molecule has 3 aromatic rings. The first-order valence-electron chi connectivity index (χ1n) is 6.29. The van der Waals surface area contributed by atoms with Gasteiger partial charge >= 0.3 is 0 Å². The Bertz CT molecular complexity index is 798. The van der Waals surface area contributed by atoms with Gasteiger partial charge in [-0.25, -0.2) is 9.37 Å². The molecule has 106 valence electrons. The lowest BCUT2D eigenvalue weighted by atomic mass is 10.2. The summed E-state index contributed by atoms with van der Waals surface area (Å²) in [5.74, 6) is -0.693. The first-order chi connectivity index (χ1) is 10.1. The number of rotatable bonds is 3. The molecule has 4 nitrogen and oxygen atoms in total. The molecular formula is C15H11ClFN3O. The normalized spacial score (nSPS) is 10.8. The Morgan fingerprint density at radius 3 is 2.71 bits per heavy atom. The molecule has 0 saturated carbocycles. The second-order valence-corrected chi connectivity index (χ2v) is 4.98. The van der Waals surface area contributed by atoms with E-state index in [1.165, 1.54) is 28.9 Å². The number of benzene rings is 1. The molecule has 1 aromatic carbocycles. The van der Waals surface area contributed by atoms with Gasteiger partial charge in [-0.15, -0.1) is 0 Å². The number of fused-ring (bicyclic) bond motifs is 1. The zero-order chi connectivity index (χ0) is 14.8. The molecule has 2 aromatic heterocycles. The van der Waals surface area contributed by atoms with Crippen LogP contribution in [0, 0.1) is 5.82 Å². The minimum absolute atomic E-state index is 0.245. The van der Waals surface area contributed by atoms with Gasteiger partial charge in [0.2, 0.25) is 0 Å². The molecule has 0 aliphatic heterocycles. The molecule has 0 radical (unpaired) electrons. The minimum atomic E-state index is -0.381. The number of hydrogen-bond acceptors (Lipinski definition) is 2. The molecule has 0 spiro atoms. The fourth-order valence-electron chi connectivity index (χ4n) is 1.95. The maximum Gasteiger partial charge on any atom is 0.271 e. The number of amides is 1. The number of hydrogen-bond donors (Lipinski definition) is 1. The summed E-state index contributed by atoms with van der Waals surface area (Å²) in [4.78, 5) is 16.2. The highest BCUT2D eigenvalue weighted by Crippen LogP contribution is 2.10. The molecule has 0 atom stereocenters. The molecule has 0 unspecified atom stereocenters. The number of pyridine rings is 1. The van der Waals surface area contributed by atoms with Crippen LogP contribution in [-0.2, 0) is 6.54 Å². The van der Waals surface area contributed by atoms with E-state index in [0.717, 1.165) is 5.56 Å². The maximum atomic E-state index is 13.1. The standard InChI is InChI=1S/C15H11ClFN3O/c16-11-3-1-10(2-4-11)7-18-15(21)13-9-20-8-12(17)5-6-14(20)19-13/h1-6,8-9H,7H2,(H,18,21). The van der Waals surface area contributed by atoms with Gasteiger partial charge in [0, 0.05) is 24.0 Å². The van der Waals surface area contributed by atoms with Crippen molar-refractivity contribution < 1.29 is 9.18 Å². The lowest BCUT2D eigenvalue weighted by molar-refractivity contribution is 0.0946. The molecule has 1 N–H and O–H groups in total. The van der Waals surface area contributed by atoms with Crippen molar-refractivity contribution in [1.29, 1.82) is 0 Å². The lowest BCUT2D eigenvalue weighted by Crippen LogP contribution is -2.23. The van der Waals surface area contributed by atoms with Gasteiger partial charge in [-0.1, -0.05) is 23.7 Å². The Morgan fingerprint density at radius 2 is 1.95 bits per heavy atom. The van der Waals surface area contributed by atoms with Gasteiger partial charge in [0.1, 0.15) is 17.2 Å². The van der Waals surface area contributed by atoms with Gasteiger partial charge in [-0.05, 0) is 29.8 Å². The van der Waals surface area contributed by atoms with Crippen LogP contribution in [0.1, 0.15) is 16.1 Å². The molecule has 2 heterocycles. The van der Waals surface area contributed by atoms with Crippen molar-refractivity contribution in [3.8, 4) is 0 Å². The van der Waals surface area contributed by atoms with E-state index in [-0.39, 0.29) is 17.4 Å². The van der Waals surface area contributed by atoms with E-state index in [1.54, 1.807) is 12.1 Å². The van der Waals surface area contributed by atoms with Crippen molar-refractivity contribution in [1.82, 2.24) is 14.7 Å². The third-order valence-corrected chi connectivity index (χ3v) is 3.27. The highest BCUT2D eigenvalue weighted by molar-refractivity contribution is 6.30. The Kier molecular flexibility index (Phi) is 3.58. The average Bonchev–Trinajstić information content (AvgIpc) is 2.89. The van der Waals surface area contributed by atoms with Crippen LogP contribution in [0.2, 0.25) is 5.02 Å². The van der Waals surface area contributed by atoms with E-state index in [0.29, 0.717) is 17.2 Å². The number of imidazole rings is 1. The molecule has 0 fully saturated rings. The molecular weight excluding hydrogens is 293 g/mol. The largest absolute Gasteiger partial charge is 0.347 e. The summed E-state index contributed by atoms with van der Waals surface area (Å²) in [6.45, 7) is 0.373. The Balaban J connectivity index is 1.73. The van der Waals surface area contributed by atoms with Crippen LogP contribution in [0.3, 0.4) is 0 Å². The van der Waals surface area contributed by atoms with Gasteiger partial charge in [0.15, 0.2) is 0 Å². The molecule has 1 amide bonds. The van der Waals surface area contributed by atoms with E-state index >= 15 is 0 Å². The highest BCUT2D eigenvalue weighted by atomic mass is 35.5. The fraction of sp³-hybridized carbons (Fsp3) is 0.0667. The smallest absolute Gasteiger partial charge is 0.271 e. The highest BCUT2D eigenvalue weighted by Gasteiger charge is 2.10. The van der Waals surface area contributed by atoms with E-state index in [4.69, 9.17) is 11.6 Å². The Hall–Kier alpha value is -2.40. The van der Waals surface area contributed by atoms with Crippen LogP contribution >= 0.6 is 11.6 Å². The summed E-state index contributed by atoms with van der Waals surface area (Å²) in [5.41, 5.74) is 1.70. The van der Waals surface area contributed by atoms with Crippen LogP contribution in [0.15, 0.2) is 48.8 Å². The van der Waals surface area contributed by atoms with Gasteiger partial charge in [0.25, 0.3) is 5.91 Å². The van der Waals surface area contributed by atoms with Crippen molar-refractivity contribution in [2.24, 2.45) is 0 Å². The van der Waals surface area contributed by atoms with Crippen LogP contribution < -0.4 is 5.32 Å². The first-order valence-corrected chi connectivity index (χ1v) is 6.66. The Morgan fingerprint density at radius 1 is 1.19 bits per heavy atom. The van der Waals surface area contributed by atoms with Gasteiger partial charge in [-0.3, -0.25) is 4.79 Å². The van der Waals surface area contributed by atoms with Gasteiger partial charge in [-0.2, -0.15) is 0 Å². The van der Waals surface area contributed by atoms with E-state index in [9.17, 15) is 9.18 Å². The monoisotopic (exact) mass is 303 g/mol. The van der Waals surface area contributed by atoms with Crippen LogP contribution in [0.25, 0.3) is 5.65 Å². The van der Waals surface area contributed by atoms with E-state index in [1.807, 2.05) is 12.1 Å². The third kappa shape index (κ3) is 3.03. The molecule has 6 heteroatoms. The Labute approximate surface area is 125 Å². The summed E-state index contributed by atoms with van der Waals surface area (Å²) >= 11 is 5.80. The van der Waals surface area contributed by atoms with Crippen molar-refractivity contribution in [2.45, 2.75) is 6.54 Å². The topological polar surface area (TPSA) is 46.4 Å². The number of aromatic nitrogens is 2. The predicted molar refractivity (Wildman–Crippen MR) is 77.8 cm³/mol. The summed E-state index contributed by atoms with van der Waals surface area (Å²) in [6, 6.07) is 10.0. The third-order valence-electron chi connectivity index (χ3n) is 3.01. The molecule has 0 bridgehead atoms. The van der Waals surface area contributed by atoms with Crippen molar-refractivity contribution in [3.63, 3.8) is 0 Å². The minimum Gasteiger partial charge on any atom is -0.347 e. The maximum absolute atomic E-state index is 13.1. The number of nitrogens with zero attached hydrogens (tertiary/aromatic N) is 2. The SMILES string of the molecule is O=C(NCc1ccc(Cl)cc1)c1cn2cc(F)ccc2n1. The number of carbonyl (C=O) groups is 1. The van der Waals surface area contributed by atoms with Crippen molar-refractivity contribution in [2.75, 3.05) is 0 Å². The van der Waals surface area contributed by atoms with E-state index < -0.39 is 0 Å². The fourth-order valence-corrected chi connectivity index (χ4v) is 2.08. The number of nitrogens with one attached hydrogen (secondary N) is 1. The van der Waals surface area contributed by atoms with Crippen LogP contribution in [-0.4, -0.2) is 15.3 Å². The van der Waals surface area contributed by atoms with Gasteiger partial charge < -0.3 is 9.72 Å². The van der Waals surface area contributed by atoms with Gasteiger partial charge in [0.05, 0.1) is 0 Å². The second-order valence-electron chi connectivity index (χ2n) is 4.55. The summed E-state index contributed by atoms with van der Waals surface area (Å²) in [7, 11) is 0. The quantitative estimate of drug-likeness (QED) is 0.808. The second kappa shape index (κ2) is 5.54. The molecule has 3 rings (SSSR count). The zero-order valence-corrected chi connectivity index (χ0v) is 11.6. The van der Waals surface area contributed by atoms with E-state index in [2.05, 4.69) is 10.3 Å². The van der Waals surface area contributed by atoms with Crippen molar-refractivity contribution >= 4 is 23.2 Å². The molecule has 0 saturated heterocycles.